The molecule has 0 saturated heterocycles. The molecule has 0 N–H and O–H groups in total. The molecule has 1 aliphatic rings. The van der Waals surface area contributed by atoms with Crippen LogP contribution >= 0.6 is 0 Å². The highest BCUT2D eigenvalue weighted by atomic mass is 14.2. The van der Waals surface area contributed by atoms with Gasteiger partial charge in [-0.15, -0.1) is 0 Å². The highest BCUT2D eigenvalue weighted by molar-refractivity contribution is 5.09. The first kappa shape index (κ1) is 20.3. The summed E-state index contributed by atoms with van der Waals surface area (Å²) in [6.45, 7) is 8.96. The Hall–Kier alpha value is -0.780. The van der Waals surface area contributed by atoms with E-state index in [0.29, 0.717) is 0 Å². The van der Waals surface area contributed by atoms with Gasteiger partial charge in [0.05, 0.1) is 0 Å². The van der Waals surface area contributed by atoms with Crippen molar-refractivity contribution in [3.8, 4) is 0 Å². The topological polar surface area (TPSA) is 0 Å². The van der Waals surface area contributed by atoms with E-state index in [9.17, 15) is 0 Å². The lowest BCUT2D eigenvalue weighted by Crippen LogP contribution is -2.05. The minimum atomic E-state index is 0.983. The molecule has 0 aromatic rings. The second-order valence-corrected chi connectivity index (χ2v) is 7.76. The van der Waals surface area contributed by atoms with Crippen molar-refractivity contribution in [1.29, 1.82) is 0 Å². The fraction of sp³-hybridized carbons (Fsp3) is 0.739. The van der Waals surface area contributed by atoms with Gasteiger partial charge in [-0.2, -0.15) is 0 Å². The quantitative estimate of drug-likeness (QED) is 0.266. The van der Waals surface area contributed by atoms with Crippen LogP contribution in [-0.4, -0.2) is 0 Å². The first-order chi connectivity index (χ1) is 11.1. The van der Waals surface area contributed by atoms with E-state index in [2.05, 4.69) is 45.9 Å². The van der Waals surface area contributed by atoms with E-state index >= 15 is 0 Å². The van der Waals surface area contributed by atoms with E-state index in [1.807, 2.05) is 0 Å². The third-order valence-electron chi connectivity index (χ3n) is 5.13. The van der Waals surface area contributed by atoms with Gasteiger partial charge in [-0.25, -0.2) is 0 Å². The molecule has 0 aliphatic heterocycles. The fourth-order valence-corrected chi connectivity index (χ4v) is 3.49. The van der Waals surface area contributed by atoms with Gasteiger partial charge in [-0.05, 0) is 71.6 Å². The SMILES string of the molecule is CCCCCCC1CC=C(CC/C=C(\C)CCC=C(C)C)CC1. The molecule has 1 atom stereocenters. The molecule has 0 radical (unpaired) electrons. The standard InChI is InChI=1S/C23H40/c1-5-6-7-8-14-22-16-18-23(19-17-22)15-10-13-21(4)12-9-11-20(2)3/h11,13,18,22H,5-10,12,14-17,19H2,1-4H3/b21-13+. The summed E-state index contributed by atoms with van der Waals surface area (Å²) in [7, 11) is 0. The third kappa shape index (κ3) is 10.6. The molecule has 0 aromatic carbocycles. The van der Waals surface area contributed by atoms with Crippen LogP contribution in [0.15, 0.2) is 34.9 Å². The molecule has 1 rings (SSSR count). The van der Waals surface area contributed by atoms with Crippen LogP contribution in [0.2, 0.25) is 0 Å². The van der Waals surface area contributed by atoms with Gasteiger partial charge in [0.25, 0.3) is 0 Å². The molecule has 0 aromatic heterocycles. The monoisotopic (exact) mass is 316 g/mol. The van der Waals surface area contributed by atoms with Crippen molar-refractivity contribution in [2.24, 2.45) is 5.92 Å². The van der Waals surface area contributed by atoms with Crippen LogP contribution in [0.5, 0.6) is 0 Å². The van der Waals surface area contributed by atoms with Gasteiger partial charge in [0.1, 0.15) is 0 Å². The predicted octanol–water partition coefficient (Wildman–Crippen LogP) is 8.16. The Labute approximate surface area is 146 Å². The van der Waals surface area contributed by atoms with Crippen molar-refractivity contribution in [3.63, 3.8) is 0 Å². The Morgan fingerprint density at radius 2 is 1.91 bits per heavy atom. The van der Waals surface area contributed by atoms with Gasteiger partial charge in [0.2, 0.25) is 0 Å². The molecule has 132 valence electrons. The highest BCUT2D eigenvalue weighted by Crippen LogP contribution is 2.30. The van der Waals surface area contributed by atoms with Crippen LogP contribution in [0, 0.1) is 5.92 Å². The van der Waals surface area contributed by atoms with E-state index < -0.39 is 0 Å². The van der Waals surface area contributed by atoms with Crippen LogP contribution in [0.3, 0.4) is 0 Å². The van der Waals surface area contributed by atoms with E-state index in [1.54, 1.807) is 11.1 Å². The maximum atomic E-state index is 2.57. The molecule has 1 aliphatic carbocycles. The van der Waals surface area contributed by atoms with E-state index in [0.717, 1.165) is 5.92 Å². The molecular formula is C23H40. The van der Waals surface area contributed by atoms with Gasteiger partial charge in [-0.1, -0.05) is 74.0 Å². The van der Waals surface area contributed by atoms with Gasteiger partial charge >= 0.3 is 0 Å². The molecule has 0 amide bonds. The molecule has 1 unspecified atom stereocenters. The van der Waals surface area contributed by atoms with Crippen molar-refractivity contribution in [1.82, 2.24) is 0 Å². The summed E-state index contributed by atoms with van der Waals surface area (Å²) in [6.07, 6.45) is 23.7. The molecule has 0 heterocycles. The van der Waals surface area contributed by atoms with Crippen LogP contribution in [-0.2, 0) is 0 Å². The Kier molecular flexibility index (Phi) is 11.1. The van der Waals surface area contributed by atoms with E-state index in [1.165, 1.54) is 82.6 Å². The summed E-state index contributed by atoms with van der Waals surface area (Å²) in [6, 6.07) is 0. The summed E-state index contributed by atoms with van der Waals surface area (Å²) in [5.41, 5.74) is 4.73. The van der Waals surface area contributed by atoms with Crippen molar-refractivity contribution in [2.45, 2.75) is 105 Å². The molecule has 23 heavy (non-hydrogen) atoms. The summed E-state index contributed by atoms with van der Waals surface area (Å²) in [5, 5.41) is 0. The molecule has 0 nitrogen and oxygen atoms in total. The summed E-state index contributed by atoms with van der Waals surface area (Å²) in [5.74, 6) is 0.983. The number of hydrogen-bond acceptors (Lipinski definition) is 0. The lowest BCUT2D eigenvalue weighted by molar-refractivity contribution is 0.411. The average molecular weight is 317 g/mol. The van der Waals surface area contributed by atoms with Crippen LogP contribution in [0.4, 0.5) is 0 Å². The van der Waals surface area contributed by atoms with Crippen molar-refractivity contribution in [3.05, 3.63) is 34.9 Å². The number of allylic oxidation sites excluding steroid dienone is 6. The maximum absolute atomic E-state index is 2.57. The van der Waals surface area contributed by atoms with Crippen molar-refractivity contribution in [2.75, 3.05) is 0 Å². The lowest BCUT2D eigenvalue weighted by Gasteiger charge is -2.21. The number of hydrogen-bond donors (Lipinski definition) is 0. The van der Waals surface area contributed by atoms with Gasteiger partial charge < -0.3 is 0 Å². The summed E-state index contributed by atoms with van der Waals surface area (Å²) < 4.78 is 0. The Bertz CT molecular complexity index is 390. The molecule has 0 heteroatoms. The first-order valence-corrected chi connectivity index (χ1v) is 10.1. The molecule has 0 spiro atoms. The average Bonchev–Trinajstić information content (AvgIpc) is 2.52. The zero-order valence-electron chi connectivity index (χ0n) is 16.3. The molecule has 0 bridgehead atoms. The predicted molar refractivity (Wildman–Crippen MR) is 106 cm³/mol. The normalized spacial score (nSPS) is 18.7. The Morgan fingerprint density at radius 3 is 2.57 bits per heavy atom. The van der Waals surface area contributed by atoms with Gasteiger partial charge in [0.15, 0.2) is 0 Å². The summed E-state index contributed by atoms with van der Waals surface area (Å²) in [4.78, 5) is 0. The van der Waals surface area contributed by atoms with Crippen molar-refractivity contribution < 1.29 is 0 Å². The second-order valence-electron chi connectivity index (χ2n) is 7.76. The van der Waals surface area contributed by atoms with Crippen molar-refractivity contribution >= 4 is 0 Å². The maximum Gasteiger partial charge on any atom is -0.0285 e. The highest BCUT2D eigenvalue weighted by Gasteiger charge is 2.13. The Balaban J connectivity index is 2.16. The third-order valence-corrected chi connectivity index (χ3v) is 5.13. The Morgan fingerprint density at radius 1 is 1.09 bits per heavy atom. The number of rotatable bonds is 11. The first-order valence-electron chi connectivity index (χ1n) is 10.1. The van der Waals surface area contributed by atoms with E-state index in [-0.39, 0.29) is 0 Å². The zero-order valence-corrected chi connectivity index (χ0v) is 16.3. The second kappa shape index (κ2) is 12.6. The van der Waals surface area contributed by atoms with E-state index in [4.69, 9.17) is 0 Å². The van der Waals surface area contributed by atoms with Gasteiger partial charge in [-0.3, -0.25) is 0 Å². The molecule has 0 fully saturated rings. The minimum Gasteiger partial charge on any atom is -0.0856 e. The number of unbranched alkanes of at least 4 members (excludes halogenated alkanes) is 3. The minimum absolute atomic E-state index is 0.983. The van der Waals surface area contributed by atoms with Crippen LogP contribution in [0.1, 0.15) is 105 Å². The lowest BCUT2D eigenvalue weighted by atomic mass is 9.84. The van der Waals surface area contributed by atoms with Gasteiger partial charge in [0, 0.05) is 0 Å². The zero-order chi connectivity index (χ0) is 16.9. The molecular weight excluding hydrogens is 276 g/mol. The fourth-order valence-electron chi connectivity index (χ4n) is 3.49. The van der Waals surface area contributed by atoms with Crippen LogP contribution < -0.4 is 0 Å². The smallest absolute Gasteiger partial charge is 0.0285 e. The van der Waals surface area contributed by atoms with Crippen LogP contribution in [0.25, 0.3) is 0 Å². The molecule has 0 saturated carbocycles. The summed E-state index contributed by atoms with van der Waals surface area (Å²) >= 11 is 0. The largest absolute Gasteiger partial charge is 0.0856 e.